The van der Waals surface area contributed by atoms with E-state index in [2.05, 4.69) is 85.9 Å². The fourth-order valence-electron chi connectivity index (χ4n) is 6.64. The number of nitrogens with one attached hydrogen (secondary N) is 2. The number of nitrogens with zero attached hydrogens (tertiary/aromatic N) is 5. The lowest BCUT2D eigenvalue weighted by molar-refractivity contribution is -0.118. The van der Waals surface area contributed by atoms with Crippen LogP contribution < -0.4 is 16.8 Å². The van der Waals surface area contributed by atoms with Crippen LogP contribution in [0.15, 0.2) is 54.2 Å². The molecule has 1 saturated heterocycles. The molecular weight excluding hydrogens is 630 g/mol. The summed E-state index contributed by atoms with van der Waals surface area (Å²) in [5.74, 6) is 0.324. The molecule has 0 saturated carbocycles. The molecule has 1 aromatic heterocycles. The van der Waals surface area contributed by atoms with Gasteiger partial charge in [-0.15, -0.1) is 10.2 Å². The molecule has 2 aromatic rings. The molecule has 2 heterocycles. The Kier molecular flexibility index (Phi) is 19.2. The fraction of sp³-hybridized carbons (Fsp3) is 0.553. The predicted octanol–water partition coefficient (Wildman–Crippen LogP) is 5.43. The number of nitriles is 1. The number of aromatic nitrogens is 4. The molecule has 4 rings (SSSR count). The Balaban J connectivity index is 0.000000567. The highest BCUT2D eigenvalue weighted by atomic mass is 16.1. The second-order valence-corrected chi connectivity index (χ2v) is 12.3. The highest BCUT2D eigenvalue weighted by Gasteiger charge is 2.46. The number of hydrogen-bond donors (Lipinski definition) is 4. The summed E-state index contributed by atoms with van der Waals surface area (Å²) >= 11 is 0. The van der Waals surface area contributed by atoms with Gasteiger partial charge < -0.3 is 21.7 Å². The van der Waals surface area contributed by atoms with Crippen LogP contribution in [0.25, 0.3) is 0 Å². The summed E-state index contributed by atoms with van der Waals surface area (Å²) in [6.07, 6.45) is 9.95. The molecule has 12 heteroatoms. The van der Waals surface area contributed by atoms with Crippen LogP contribution in [0.2, 0.25) is 0 Å². The fourth-order valence-corrected chi connectivity index (χ4v) is 6.64. The number of allylic oxidation sites excluding steroid dienone is 2. The Morgan fingerprint density at radius 1 is 1.22 bits per heavy atom. The highest BCUT2D eigenvalue weighted by molar-refractivity contribution is 5.94. The number of amides is 3. The van der Waals surface area contributed by atoms with E-state index in [1.807, 2.05) is 26.0 Å². The summed E-state index contributed by atoms with van der Waals surface area (Å²) in [6, 6.07) is 8.08. The number of fused-ring (bicyclic) bond motifs is 1. The first kappa shape index (κ1) is 43.4. The summed E-state index contributed by atoms with van der Waals surface area (Å²) < 4.78 is 0. The van der Waals surface area contributed by atoms with Crippen molar-refractivity contribution >= 4 is 18.2 Å². The third kappa shape index (κ3) is 11.2. The number of hydrogen-bond acceptors (Lipinski definition) is 8. The number of rotatable bonds is 13. The van der Waals surface area contributed by atoms with Gasteiger partial charge in [0.2, 0.25) is 18.2 Å². The maximum Gasteiger partial charge on any atom is 0.248 e. The van der Waals surface area contributed by atoms with Crippen LogP contribution in [-0.4, -0.2) is 68.9 Å². The molecular formula is C38H59N9O3. The molecule has 1 aromatic carbocycles. The first-order valence-electron chi connectivity index (χ1n) is 17.7. The molecule has 274 valence electrons. The predicted molar refractivity (Wildman–Crippen MR) is 199 cm³/mol. The van der Waals surface area contributed by atoms with Crippen LogP contribution in [0.1, 0.15) is 121 Å². The molecule has 2 aliphatic rings. The maximum absolute atomic E-state index is 11.9. The number of H-pyrrole nitrogens is 1. The Morgan fingerprint density at radius 3 is 2.38 bits per heavy atom. The number of carbonyl (C=O) groups excluding carboxylic acids is 3. The summed E-state index contributed by atoms with van der Waals surface area (Å²) in [5.41, 5.74) is 15.5. The van der Waals surface area contributed by atoms with Crippen LogP contribution >= 0.6 is 0 Å². The smallest absolute Gasteiger partial charge is 0.248 e. The lowest BCUT2D eigenvalue weighted by Crippen LogP contribution is -2.45. The number of primary amides is 2. The van der Waals surface area contributed by atoms with Crippen molar-refractivity contribution in [1.82, 2.24) is 30.8 Å². The number of likely N-dealkylation sites (tertiary alicyclic amines) is 1. The SMILES string of the molecule is C=CC(=C)C(N)=O.CC.CCC[C@@H](CC)C(CC1(c2nn[nH]n2)C(C)=C(C)CCc2cc(C(N)=O)ccc21)NCC.N#CC1CCCN1C=O. The van der Waals surface area contributed by atoms with E-state index in [9.17, 15) is 14.4 Å². The van der Waals surface area contributed by atoms with Crippen molar-refractivity contribution in [2.45, 2.75) is 117 Å². The summed E-state index contributed by atoms with van der Waals surface area (Å²) in [6.45, 7) is 23.3. The average molecular weight is 690 g/mol. The molecule has 3 unspecified atom stereocenters. The first-order chi connectivity index (χ1) is 23.9. The summed E-state index contributed by atoms with van der Waals surface area (Å²) in [5, 5.41) is 27.9. The minimum Gasteiger partial charge on any atom is -0.366 e. The Labute approximate surface area is 298 Å². The van der Waals surface area contributed by atoms with Gasteiger partial charge in [0.05, 0.1) is 11.5 Å². The van der Waals surface area contributed by atoms with Crippen molar-refractivity contribution in [2.75, 3.05) is 13.1 Å². The Morgan fingerprint density at radius 2 is 1.92 bits per heavy atom. The molecule has 0 bridgehead atoms. The van der Waals surface area contributed by atoms with Crippen LogP contribution in [0.4, 0.5) is 0 Å². The zero-order valence-corrected chi connectivity index (χ0v) is 31.2. The zero-order chi connectivity index (χ0) is 37.9. The van der Waals surface area contributed by atoms with Crippen molar-refractivity contribution in [3.63, 3.8) is 0 Å². The molecule has 0 radical (unpaired) electrons. The van der Waals surface area contributed by atoms with E-state index in [0.717, 1.165) is 75.6 Å². The van der Waals surface area contributed by atoms with Gasteiger partial charge in [-0.1, -0.05) is 89.1 Å². The molecule has 0 spiro atoms. The van der Waals surface area contributed by atoms with Gasteiger partial charge in [-0.2, -0.15) is 10.5 Å². The lowest BCUT2D eigenvalue weighted by atomic mass is 9.66. The van der Waals surface area contributed by atoms with Crippen LogP contribution in [0.5, 0.6) is 0 Å². The van der Waals surface area contributed by atoms with E-state index in [4.69, 9.17) is 16.7 Å². The standard InChI is InChI=1S/C25H38N6O.C6H8N2O.C5H7NO.C2H6/c1-6-9-18(7-2)22(27-8-3)15-25(24-28-30-31-29-24)17(5)16(4)10-11-19-14-20(23(26)32)12-13-21(19)25;7-4-6-2-1-3-8(6)5-9;1-3-4(2)5(6)7;1-2/h12-14,18,22,27H,6-11,15H2,1-5H3,(H2,26,32)(H,28,29,30,31);5-6H,1-3H2;3H,1-2H2,(H2,6,7);1-2H3/t18-,22?,25?;;;/m1.../s1. The lowest BCUT2D eigenvalue weighted by Gasteiger charge is -2.40. The van der Waals surface area contributed by atoms with E-state index in [1.165, 1.54) is 23.6 Å². The van der Waals surface area contributed by atoms with Gasteiger partial charge in [0, 0.05) is 23.7 Å². The van der Waals surface area contributed by atoms with Gasteiger partial charge in [-0.25, -0.2) is 0 Å². The topological polar surface area (TPSA) is 197 Å². The van der Waals surface area contributed by atoms with Gasteiger partial charge in [0.1, 0.15) is 6.04 Å². The van der Waals surface area contributed by atoms with E-state index in [0.29, 0.717) is 23.3 Å². The minimum atomic E-state index is -0.521. The number of carbonyl (C=O) groups is 3. The summed E-state index contributed by atoms with van der Waals surface area (Å²) in [4.78, 5) is 33.6. The van der Waals surface area contributed by atoms with Gasteiger partial charge in [-0.3, -0.25) is 14.4 Å². The Hall–Kier alpha value is -4.63. The third-order valence-electron chi connectivity index (χ3n) is 9.51. The third-order valence-corrected chi connectivity index (χ3v) is 9.51. The molecule has 12 nitrogen and oxygen atoms in total. The van der Waals surface area contributed by atoms with Crippen LogP contribution in [0.3, 0.4) is 0 Å². The second kappa shape index (κ2) is 22.2. The largest absolute Gasteiger partial charge is 0.366 e. The molecule has 3 amide bonds. The quantitative estimate of drug-likeness (QED) is 0.0924. The number of benzene rings is 1. The Bertz CT molecular complexity index is 1480. The van der Waals surface area contributed by atoms with Crippen molar-refractivity contribution in [3.05, 3.63) is 76.7 Å². The van der Waals surface area contributed by atoms with Gasteiger partial charge >= 0.3 is 0 Å². The number of tetrazole rings is 1. The first-order valence-corrected chi connectivity index (χ1v) is 17.7. The number of aryl methyl sites for hydroxylation is 1. The van der Waals surface area contributed by atoms with Crippen LogP contribution in [-0.2, 0) is 21.4 Å². The molecule has 4 atom stereocenters. The second-order valence-electron chi connectivity index (χ2n) is 12.3. The van der Waals surface area contributed by atoms with Gasteiger partial charge in [0.25, 0.3) is 0 Å². The van der Waals surface area contributed by atoms with Gasteiger partial charge in [-0.05, 0) is 88.1 Å². The van der Waals surface area contributed by atoms with Crippen molar-refractivity contribution in [3.8, 4) is 6.07 Å². The number of nitrogens with two attached hydrogens (primary N) is 2. The molecule has 1 aliphatic heterocycles. The minimum absolute atomic E-state index is 0.150. The van der Waals surface area contributed by atoms with Crippen molar-refractivity contribution < 1.29 is 14.4 Å². The van der Waals surface area contributed by atoms with Crippen molar-refractivity contribution in [1.29, 1.82) is 5.26 Å². The summed E-state index contributed by atoms with van der Waals surface area (Å²) in [7, 11) is 0. The average Bonchev–Trinajstić information content (AvgIpc) is 3.83. The van der Waals surface area contributed by atoms with E-state index >= 15 is 0 Å². The highest BCUT2D eigenvalue weighted by Crippen LogP contribution is 2.48. The molecule has 1 fully saturated rings. The molecule has 6 N–H and O–H groups in total. The van der Waals surface area contributed by atoms with Crippen molar-refractivity contribution in [2.24, 2.45) is 17.4 Å². The van der Waals surface area contributed by atoms with Crippen LogP contribution in [0, 0.1) is 17.2 Å². The maximum atomic E-state index is 11.9. The normalized spacial score (nSPS) is 18.9. The zero-order valence-electron chi connectivity index (χ0n) is 31.2. The van der Waals surface area contributed by atoms with E-state index < -0.39 is 17.2 Å². The molecule has 50 heavy (non-hydrogen) atoms. The van der Waals surface area contributed by atoms with E-state index in [1.54, 1.807) is 4.90 Å². The monoisotopic (exact) mass is 689 g/mol. The number of aromatic amines is 1. The van der Waals surface area contributed by atoms with E-state index in [-0.39, 0.29) is 11.6 Å². The van der Waals surface area contributed by atoms with Gasteiger partial charge in [0.15, 0.2) is 5.82 Å². The molecule has 1 aliphatic carbocycles.